The van der Waals surface area contributed by atoms with Gasteiger partial charge in [-0.25, -0.2) is 0 Å². The third-order valence-electron chi connectivity index (χ3n) is 6.89. The third kappa shape index (κ3) is 2.45. The Morgan fingerprint density at radius 3 is 2.55 bits per heavy atom. The van der Waals surface area contributed by atoms with Gasteiger partial charge in [-0.3, -0.25) is 4.79 Å². The van der Waals surface area contributed by atoms with Crippen LogP contribution in [0.4, 0.5) is 0 Å². The molecule has 1 aliphatic heterocycles. The Hall–Kier alpha value is -0.370. The zero-order chi connectivity index (χ0) is 13.5. The van der Waals surface area contributed by atoms with Crippen molar-refractivity contribution in [3.63, 3.8) is 0 Å². The van der Waals surface area contributed by atoms with Crippen molar-refractivity contribution in [1.29, 1.82) is 0 Å². The van der Waals surface area contributed by atoms with Gasteiger partial charge < -0.3 is 5.32 Å². The van der Waals surface area contributed by atoms with Crippen LogP contribution in [0, 0.1) is 23.7 Å². The first-order valence-corrected chi connectivity index (χ1v) is 9.08. The molecule has 4 aliphatic rings. The number of carbonyl (C=O) groups is 1. The van der Waals surface area contributed by atoms with Crippen LogP contribution in [-0.4, -0.2) is 17.9 Å². The van der Waals surface area contributed by atoms with Crippen LogP contribution >= 0.6 is 0 Å². The molecule has 0 spiro atoms. The lowest BCUT2D eigenvalue weighted by Gasteiger charge is -2.40. The lowest BCUT2D eigenvalue weighted by Crippen LogP contribution is -2.52. The smallest absolute Gasteiger partial charge is 0.150 e. The number of piperidine rings is 1. The number of ketones is 1. The molecule has 0 amide bonds. The second-order valence-corrected chi connectivity index (χ2v) is 8.05. The molecule has 1 heterocycles. The normalized spacial score (nSPS) is 47.2. The van der Waals surface area contributed by atoms with Crippen LogP contribution in [0.5, 0.6) is 0 Å². The minimum absolute atomic E-state index is 0.202. The fraction of sp³-hybridized carbons (Fsp3) is 0.944. The van der Waals surface area contributed by atoms with E-state index in [1.807, 2.05) is 0 Å². The number of hydrogen-bond acceptors (Lipinski definition) is 2. The molecular weight excluding hydrogens is 246 g/mol. The topological polar surface area (TPSA) is 29.1 Å². The molecule has 4 fully saturated rings. The van der Waals surface area contributed by atoms with Crippen molar-refractivity contribution < 1.29 is 4.79 Å². The van der Waals surface area contributed by atoms with Gasteiger partial charge in [-0.2, -0.15) is 0 Å². The van der Waals surface area contributed by atoms with Crippen LogP contribution in [-0.2, 0) is 4.79 Å². The van der Waals surface area contributed by atoms with Gasteiger partial charge in [-0.05, 0) is 68.6 Å². The molecule has 6 atom stereocenters. The molecule has 1 N–H and O–H groups in total. The molecule has 2 heteroatoms. The lowest BCUT2D eigenvalue weighted by molar-refractivity contribution is -0.123. The van der Waals surface area contributed by atoms with Gasteiger partial charge in [0, 0.05) is 12.5 Å². The number of rotatable bonds is 3. The zero-order valence-corrected chi connectivity index (χ0v) is 12.7. The summed E-state index contributed by atoms with van der Waals surface area (Å²) in [6.07, 6.45) is 14.4. The molecule has 0 aromatic rings. The van der Waals surface area contributed by atoms with Crippen molar-refractivity contribution in [2.45, 2.75) is 82.7 Å². The zero-order valence-electron chi connectivity index (χ0n) is 12.7. The minimum atomic E-state index is 0.202. The molecule has 112 valence electrons. The molecule has 6 unspecified atom stereocenters. The van der Waals surface area contributed by atoms with E-state index in [4.69, 9.17) is 0 Å². The van der Waals surface area contributed by atoms with E-state index in [0.717, 1.165) is 36.5 Å². The maximum atomic E-state index is 12.6. The molecule has 2 bridgehead atoms. The minimum Gasteiger partial charge on any atom is -0.304 e. The average Bonchev–Trinajstić information content (AvgIpc) is 3.09. The Labute approximate surface area is 123 Å². The first-order chi connectivity index (χ1) is 9.79. The molecule has 20 heavy (non-hydrogen) atoms. The van der Waals surface area contributed by atoms with E-state index >= 15 is 0 Å². The molecule has 4 rings (SSSR count). The van der Waals surface area contributed by atoms with Crippen LogP contribution in [0.3, 0.4) is 0 Å². The number of carbonyl (C=O) groups excluding carboxylic acids is 1. The Morgan fingerprint density at radius 2 is 1.75 bits per heavy atom. The maximum Gasteiger partial charge on any atom is 0.150 e. The highest BCUT2D eigenvalue weighted by Crippen LogP contribution is 2.49. The molecule has 0 radical (unpaired) electrons. The molecule has 0 aromatic carbocycles. The van der Waals surface area contributed by atoms with Crippen LogP contribution in [0.15, 0.2) is 0 Å². The summed E-state index contributed by atoms with van der Waals surface area (Å²) in [4.78, 5) is 12.6. The number of Topliss-reactive ketones (excluding diaryl/α,β-unsaturated/α-hetero) is 1. The second-order valence-electron chi connectivity index (χ2n) is 8.05. The summed E-state index contributed by atoms with van der Waals surface area (Å²) in [5.74, 6) is 4.03. The van der Waals surface area contributed by atoms with Crippen LogP contribution in [0.2, 0.25) is 0 Å². The summed E-state index contributed by atoms with van der Waals surface area (Å²) in [5.41, 5.74) is 0. The Bertz CT molecular complexity index is 380. The fourth-order valence-electron chi connectivity index (χ4n) is 5.78. The summed E-state index contributed by atoms with van der Waals surface area (Å²) in [6, 6.07) is 0.861. The van der Waals surface area contributed by atoms with Crippen molar-refractivity contribution in [2.75, 3.05) is 0 Å². The van der Waals surface area contributed by atoms with Crippen molar-refractivity contribution in [1.82, 2.24) is 5.32 Å². The van der Waals surface area contributed by atoms with E-state index in [-0.39, 0.29) is 6.04 Å². The summed E-state index contributed by atoms with van der Waals surface area (Å²) in [7, 11) is 0. The van der Waals surface area contributed by atoms with Crippen LogP contribution in [0.25, 0.3) is 0 Å². The van der Waals surface area contributed by atoms with Crippen molar-refractivity contribution in [3.05, 3.63) is 0 Å². The van der Waals surface area contributed by atoms with E-state index in [9.17, 15) is 4.79 Å². The summed E-state index contributed by atoms with van der Waals surface area (Å²) < 4.78 is 0. The van der Waals surface area contributed by atoms with Gasteiger partial charge >= 0.3 is 0 Å². The first kappa shape index (κ1) is 13.3. The predicted octanol–water partition coefficient (Wildman–Crippen LogP) is 3.69. The van der Waals surface area contributed by atoms with E-state index in [2.05, 4.69) is 5.32 Å². The lowest BCUT2D eigenvalue weighted by atomic mass is 9.76. The van der Waals surface area contributed by atoms with E-state index in [1.54, 1.807) is 0 Å². The van der Waals surface area contributed by atoms with Crippen LogP contribution in [0.1, 0.15) is 70.6 Å². The SMILES string of the molecule is O=C(CC1CC2CCC1C2)C1CCC2CCCCC2N1. The van der Waals surface area contributed by atoms with Gasteiger partial charge in [-0.1, -0.05) is 19.3 Å². The Balaban J connectivity index is 1.32. The number of hydrogen-bond donors (Lipinski definition) is 1. The second kappa shape index (κ2) is 5.44. The van der Waals surface area contributed by atoms with Gasteiger partial charge in [-0.15, -0.1) is 0 Å². The van der Waals surface area contributed by atoms with Gasteiger partial charge in [0.2, 0.25) is 0 Å². The Morgan fingerprint density at radius 1 is 0.900 bits per heavy atom. The number of fused-ring (bicyclic) bond motifs is 3. The summed E-state index contributed by atoms with van der Waals surface area (Å²) >= 11 is 0. The van der Waals surface area contributed by atoms with E-state index < -0.39 is 0 Å². The molecular formula is C18H29NO. The van der Waals surface area contributed by atoms with Gasteiger partial charge in [0.1, 0.15) is 5.78 Å². The monoisotopic (exact) mass is 275 g/mol. The van der Waals surface area contributed by atoms with E-state index in [0.29, 0.717) is 11.8 Å². The quantitative estimate of drug-likeness (QED) is 0.851. The highest BCUT2D eigenvalue weighted by Gasteiger charge is 2.41. The first-order valence-electron chi connectivity index (χ1n) is 9.08. The van der Waals surface area contributed by atoms with Gasteiger partial charge in [0.05, 0.1) is 6.04 Å². The third-order valence-corrected chi connectivity index (χ3v) is 6.89. The van der Waals surface area contributed by atoms with Gasteiger partial charge in [0.25, 0.3) is 0 Å². The molecule has 3 saturated carbocycles. The van der Waals surface area contributed by atoms with Crippen LogP contribution < -0.4 is 5.32 Å². The average molecular weight is 275 g/mol. The summed E-state index contributed by atoms with van der Waals surface area (Å²) in [5, 5.41) is 3.72. The largest absolute Gasteiger partial charge is 0.304 e. The van der Waals surface area contributed by atoms with Crippen molar-refractivity contribution in [3.8, 4) is 0 Å². The molecule has 3 aliphatic carbocycles. The molecule has 1 saturated heterocycles. The highest BCUT2D eigenvalue weighted by molar-refractivity contribution is 5.84. The maximum absolute atomic E-state index is 12.6. The number of nitrogens with one attached hydrogen (secondary N) is 1. The fourth-order valence-corrected chi connectivity index (χ4v) is 5.78. The van der Waals surface area contributed by atoms with E-state index in [1.165, 1.54) is 57.8 Å². The van der Waals surface area contributed by atoms with Crippen molar-refractivity contribution in [2.24, 2.45) is 23.7 Å². The van der Waals surface area contributed by atoms with Crippen molar-refractivity contribution >= 4 is 5.78 Å². The standard InChI is InChI=1S/C18H29NO/c20-18(11-15-10-12-5-6-14(15)9-12)17-8-7-13-3-1-2-4-16(13)19-17/h12-17,19H,1-11H2. The highest BCUT2D eigenvalue weighted by atomic mass is 16.1. The predicted molar refractivity (Wildman–Crippen MR) is 80.5 cm³/mol. The summed E-state index contributed by atoms with van der Waals surface area (Å²) in [6.45, 7) is 0. The Kier molecular flexibility index (Phi) is 3.62. The molecule has 2 nitrogen and oxygen atoms in total. The molecule has 0 aromatic heterocycles. The van der Waals surface area contributed by atoms with Gasteiger partial charge in [0.15, 0.2) is 0 Å².